The van der Waals surface area contributed by atoms with E-state index >= 15 is 0 Å². The summed E-state index contributed by atoms with van der Waals surface area (Å²) >= 11 is 5.80. The van der Waals surface area contributed by atoms with E-state index < -0.39 is 9.84 Å². The van der Waals surface area contributed by atoms with E-state index in [4.69, 9.17) is 11.6 Å². The molecule has 1 N–H and O–H groups in total. The number of rotatable bonds is 4. The maximum absolute atomic E-state index is 10.9. The minimum atomic E-state index is -2.98. The number of sulfone groups is 1. The third kappa shape index (κ3) is 3.31. The second-order valence-electron chi connectivity index (χ2n) is 3.64. The summed E-state index contributed by atoms with van der Waals surface area (Å²) in [5.41, 5.74) is 0.649. The number of nitrogens with zero attached hydrogens (tertiary/aromatic N) is 3. The first kappa shape index (κ1) is 12.1. The van der Waals surface area contributed by atoms with Crippen LogP contribution in [0, 0.1) is 0 Å². The molecule has 0 spiro atoms. The molecule has 92 valence electrons. The summed E-state index contributed by atoms with van der Waals surface area (Å²) in [6, 6.07) is 3.45. The molecule has 2 aromatic rings. The van der Waals surface area contributed by atoms with E-state index in [-0.39, 0.29) is 12.3 Å². The van der Waals surface area contributed by atoms with Crippen molar-refractivity contribution < 1.29 is 8.42 Å². The van der Waals surface area contributed by atoms with Gasteiger partial charge in [0.05, 0.1) is 10.8 Å². The van der Waals surface area contributed by atoms with Crippen molar-refractivity contribution in [1.82, 2.24) is 14.6 Å². The highest BCUT2D eigenvalue weighted by atomic mass is 35.5. The first-order valence-electron chi connectivity index (χ1n) is 4.87. The van der Waals surface area contributed by atoms with Gasteiger partial charge in [-0.3, -0.25) is 0 Å². The van der Waals surface area contributed by atoms with Crippen LogP contribution < -0.4 is 5.32 Å². The molecule has 8 heteroatoms. The van der Waals surface area contributed by atoms with E-state index in [0.717, 1.165) is 0 Å². The Morgan fingerprint density at radius 3 is 2.94 bits per heavy atom. The third-order valence-corrected chi connectivity index (χ3v) is 3.22. The van der Waals surface area contributed by atoms with Gasteiger partial charge in [0.15, 0.2) is 5.65 Å². The average Bonchev–Trinajstić information content (AvgIpc) is 2.57. The SMILES string of the molecule is CS(=O)(=O)CCNc1nc2ccc(Cl)cn2n1. The number of aromatic nitrogens is 3. The molecule has 0 radical (unpaired) electrons. The fraction of sp³-hybridized carbons (Fsp3) is 0.333. The molecule has 0 aliphatic rings. The summed E-state index contributed by atoms with van der Waals surface area (Å²) in [5.74, 6) is 0.430. The number of fused-ring (bicyclic) bond motifs is 1. The Labute approximate surface area is 104 Å². The van der Waals surface area contributed by atoms with Crippen LogP contribution in [0.4, 0.5) is 5.95 Å². The van der Waals surface area contributed by atoms with Gasteiger partial charge in [0, 0.05) is 19.0 Å². The Hall–Kier alpha value is -1.34. The molecule has 2 rings (SSSR count). The largest absolute Gasteiger partial charge is 0.352 e. The zero-order valence-electron chi connectivity index (χ0n) is 9.09. The van der Waals surface area contributed by atoms with E-state index in [2.05, 4.69) is 15.4 Å². The van der Waals surface area contributed by atoms with E-state index in [0.29, 0.717) is 16.6 Å². The van der Waals surface area contributed by atoms with Gasteiger partial charge in [-0.1, -0.05) is 11.6 Å². The zero-order chi connectivity index (χ0) is 12.5. The predicted octanol–water partition coefficient (Wildman–Crippen LogP) is 0.839. The monoisotopic (exact) mass is 274 g/mol. The minimum Gasteiger partial charge on any atom is -0.352 e. The normalized spacial score (nSPS) is 11.9. The van der Waals surface area contributed by atoms with Crippen LogP contribution in [0.25, 0.3) is 5.65 Å². The van der Waals surface area contributed by atoms with Crippen LogP contribution in [0.3, 0.4) is 0 Å². The first-order valence-corrected chi connectivity index (χ1v) is 7.31. The molecule has 0 aliphatic carbocycles. The number of pyridine rings is 1. The van der Waals surface area contributed by atoms with Gasteiger partial charge in [-0.15, -0.1) is 5.10 Å². The number of hydrogen-bond donors (Lipinski definition) is 1. The van der Waals surface area contributed by atoms with Gasteiger partial charge >= 0.3 is 0 Å². The van der Waals surface area contributed by atoms with E-state index in [9.17, 15) is 8.42 Å². The molecule has 0 fully saturated rings. The Morgan fingerprint density at radius 2 is 2.24 bits per heavy atom. The van der Waals surface area contributed by atoms with Crippen LogP contribution >= 0.6 is 11.6 Å². The lowest BCUT2D eigenvalue weighted by molar-refractivity contribution is 0.602. The number of hydrogen-bond acceptors (Lipinski definition) is 5. The average molecular weight is 275 g/mol. The molecule has 2 aromatic heterocycles. The fourth-order valence-corrected chi connectivity index (χ4v) is 1.91. The standard InChI is InChI=1S/C9H11ClN4O2S/c1-17(15,16)5-4-11-9-12-8-3-2-7(10)6-14(8)13-9/h2-3,6H,4-5H2,1H3,(H,11,13). The van der Waals surface area contributed by atoms with Crippen molar-refractivity contribution in [3.8, 4) is 0 Å². The Kier molecular flexibility index (Phi) is 3.21. The summed E-state index contributed by atoms with van der Waals surface area (Å²) in [6.07, 6.45) is 2.82. The van der Waals surface area contributed by atoms with E-state index in [1.165, 1.54) is 10.8 Å². The summed E-state index contributed by atoms with van der Waals surface area (Å²) < 4.78 is 23.4. The van der Waals surface area contributed by atoms with Crippen LogP contribution in [0.2, 0.25) is 5.02 Å². The zero-order valence-corrected chi connectivity index (χ0v) is 10.7. The summed E-state index contributed by atoms with van der Waals surface area (Å²) in [5, 5.41) is 7.51. The lowest BCUT2D eigenvalue weighted by Gasteiger charge is -1.98. The van der Waals surface area contributed by atoms with E-state index in [1.807, 2.05) is 0 Å². The predicted molar refractivity (Wildman–Crippen MR) is 66.2 cm³/mol. The molecule has 0 saturated carbocycles. The molecule has 0 aliphatic heterocycles. The van der Waals surface area contributed by atoms with Crippen LogP contribution in [-0.2, 0) is 9.84 Å². The highest BCUT2D eigenvalue weighted by Crippen LogP contribution is 2.11. The topological polar surface area (TPSA) is 76.4 Å². The highest BCUT2D eigenvalue weighted by molar-refractivity contribution is 7.90. The van der Waals surface area contributed by atoms with Crippen LogP contribution in [0.5, 0.6) is 0 Å². The Balaban J connectivity index is 2.09. The smallest absolute Gasteiger partial charge is 0.243 e. The molecule has 6 nitrogen and oxygen atoms in total. The van der Waals surface area contributed by atoms with Gasteiger partial charge in [0.1, 0.15) is 9.84 Å². The van der Waals surface area contributed by atoms with Crippen molar-refractivity contribution in [3.05, 3.63) is 23.4 Å². The molecular formula is C9H11ClN4O2S. The number of anilines is 1. The van der Waals surface area contributed by atoms with Gasteiger partial charge in [-0.05, 0) is 12.1 Å². The molecule has 17 heavy (non-hydrogen) atoms. The molecule has 2 heterocycles. The van der Waals surface area contributed by atoms with Crippen LogP contribution in [-0.4, -0.2) is 41.6 Å². The minimum absolute atomic E-state index is 0.0449. The maximum Gasteiger partial charge on any atom is 0.243 e. The van der Waals surface area contributed by atoms with Gasteiger partial charge in [0.2, 0.25) is 5.95 Å². The van der Waals surface area contributed by atoms with Crippen molar-refractivity contribution in [2.24, 2.45) is 0 Å². The van der Waals surface area contributed by atoms with Gasteiger partial charge in [-0.25, -0.2) is 12.9 Å². The third-order valence-electron chi connectivity index (χ3n) is 2.05. The summed E-state index contributed by atoms with van der Waals surface area (Å²) in [6.45, 7) is 0.281. The molecule has 0 saturated heterocycles. The Bertz CT molecular complexity index is 637. The molecule has 0 unspecified atom stereocenters. The summed E-state index contributed by atoms with van der Waals surface area (Å²) in [7, 11) is -2.98. The molecule has 0 atom stereocenters. The summed E-state index contributed by atoms with van der Waals surface area (Å²) in [4.78, 5) is 4.16. The van der Waals surface area contributed by atoms with E-state index in [1.54, 1.807) is 18.3 Å². The first-order chi connectivity index (χ1) is 7.94. The van der Waals surface area contributed by atoms with Crippen molar-refractivity contribution >= 4 is 33.0 Å². The van der Waals surface area contributed by atoms with Gasteiger partial charge in [0.25, 0.3) is 0 Å². The maximum atomic E-state index is 10.9. The number of nitrogens with one attached hydrogen (secondary N) is 1. The Morgan fingerprint density at radius 1 is 1.47 bits per heavy atom. The lowest BCUT2D eigenvalue weighted by Crippen LogP contribution is -2.14. The highest BCUT2D eigenvalue weighted by Gasteiger charge is 2.05. The van der Waals surface area contributed by atoms with Gasteiger partial charge < -0.3 is 5.32 Å². The quantitative estimate of drug-likeness (QED) is 0.894. The van der Waals surface area contributed by atoms with Crippen LogP contribution in [0.1, 0.15) is 0 Å². The lowest BCUT2D eigenvalue weighted by atomic mass is 10.5. The molecule has 0 bridgehead atoms. The second kappa shape index (κ2) is 4.50. The van der Waals surface area contributed by atoms with Crippen molar-refractivity contribution in [3.63, 3.8) is 0 Å². The fourth-order valence-electron chi connectivity index (χ4n) is 1.28. The molecule has 0 aromatic carbocycles. The van der Waals surface area contributed by atoms with Crippen molar-refractivity contribution in [2.45, 2.75) is 0 Å². The number of halogens is 1. The van der Waals surface area contributed by atoms with Crippen molar-refractivity contribution in [1.29, 1.82) is 0 Å². The van der Waals surface area contributed by atoms with Crippen LogP contribution in [0.15, 0.2) is 18.3 Å². The molecule has 0 amide bonds. The second-order valence-corrected chi connectivity index (χ2v) is 6.34. The van der Waals surface area contributed by atoms with Crippen molar-refractivity contribution in [2.75, 3.05) is 23.9 Å². The van der Waals surface area contributed by atoms with Gasteiger partial charge in [-0.2, -0.15) is 4.98 Å². The molecular weight excluding hydrogens is 264 g/mol.